The maximum Gasteiger partial charge on any atom is 0.260 e. The number of anilines is 2. The number of para-hydroxylation sites is 2. The van der Waals surface area contributed by atoms with Crippen LogP contribution < -0.4 is 15.4 Å². The Labute approximate surface area is 124 Å². The largest absolute Gasteiger partial charge is 0.491 e. The summed E-state index contributed by atoms with van der Waals surface area (Å²) >= 11 is 0. The molecule has 0 atom stereocenters. The van der Waals surface area contributed by atoms with E-state index in [0.717, 1.165) is 23.4 Å². The first-order chi connectivity index (χ1) is 10.2. The first-order valence-corrected chi connectivity index (χ1v) is 7.06. The van der Waals surface area contributed by atoms with Gasteiger partial charge in [0.1, 0.15) is 5.75 Å². The Balaban J connectivity index is 2.03. The number of hydrogen-bond donors (Lipinski definition) is 1. The van der Waals surface area contributed by atoms with Crippen LogP contribution in [0, 0.1) is 6.92 Å². The lowest BCUT2D eigenvalue weighted by Crippen LogP contribution is -2.32. The highest BCUT2D eigenvalue weighted by Gasteiger charge is 2.24. The molecule has 1 amide bonds. The Morgan fingerprint density at radius 1 is 1.24 bits per heavy atom. The second-order valence-electron chi connectivity index (χ2n) is 5.22. The van der Waals surface area contributed by atoms with Gasteiger partial charge in [-0.25, -0.2) is 0 Å². The first-order valence-electron chi connectivity index (χ1n) is 7.06. The third kappa shape index (κ3) is 2.57. The van der Waals surface area contributed by atoms with Crippen LogP contribution in [0.5, 0.6) is 5.75 Å². The number of amides is 1. The molecule has 2 aromatic rings. The molecule has 0 saturated carbocycles. The lowest BCUT2D eigenvalue weighted by molar-refractivity contribution is 0.0988. The number of benzene rings is 2. The molecule has 21 heavy (non-hydrogen) atoms. The van der Waals surface area contributed by atoms with E-state index in [0.29, 0.717) is 24.4 Å². The summed E-state index contributed by atoms with van der Waals surface area (Å²) in [6.07, 6.45) is 0.798. The second-order valence-corrected chi connectivity index (χ2v) is 5.22. The summed E-state index contributed by atoms with van der Waals surface area (Å²) in [6, 6.07) is 13.1. The van der Waals surface area contributed by atoms with Crippen molar-refractivity contribution in [3.05, 3.63) is 53.6 Å². The number of rotatable bonds is 1. The predicted octanol–water partition coefficient (Wildman–Crippen LogP) is 3.01. The Hall–Kier alpha value is -2.49. The van der Waals surface area contributed by atoms with Gasteiger partial charge in [-0.2, -0.15) is 0 Å². The van der Waals surface area contributed by atoms with Gasteiger partial charge in [0.25, 0.3) is 5.91 Å². The van der Waals surface area contributed by atoms with E-state index >= 15 is 0 Å². The van der Waals surface area contributed by atoms with Gasteiger partial charge in [0.05, 0.1) is 17.9 Å². The van der Waals surface area contributed by atoms with Crippen LogP contribution in [-0.4, -0.2) is 19.1 Å². The van der Waals surface area contributed by atoms with Crippen molar-refractivity contribution in [3.8, 4) is 5.75 Å². The molecule has 1 aliphatic rings. The van der Waals surface area contributed by atoms with E-state index < -0.39 is 0 Å². The van der Waals surface area contributed by atoms with E-state index in [9.17, 15) is 4.79 Å². The van der Waals surface area contributed by atoms with E-state index in [1.165, 1.54) is 0 Å². The number of nitrogen functional groups attached to an aromatic ring is 1. The van der Waals surface area contributed by atoms with E-state index in [1.54, 1.807) is 11.0 Å². The normalized spacial score (nSPS) is 14.0. The molecule has 0 saturated heterocycles. The fourth-order valence-electron chi connectivity index (χ4n) is 2.54. The summed E-state index contributed by atoms with van der Waals surface area (Å²) in [7, 11) is 0. The first kappa shape index (κ1) is 13.5. The summed E-state index contributed by atoms with van der Waals surface area (Å²) in [5.74, 6) is 0.670. The van der Waals surface area contributed by atoms with Gasteiger partial charge < -0.3 is 15.4 Å². The molecule has 0 radical (unpaired) electrons. The quantitative estimate of drug-likeness (QED) is 0.818. The van der Waals surface area contributed by atoms with Crippen LogP contribution in [0.4, 0.5) is 11.4 Å². The molecule has 108 valence electrons. The molecule has 0 fully saturated rings. The highest BCUT2D eigenvalue weighted by molar-refractivity contribution is 6.10. The predicted molar refractivity (Wildman–Crippen MR) is 83.8 cm³/mol. The number of aryl methyl sites for hydroxylation is 1. The minimum Gasteiger partial charge on any atom is -0.491 e. The zero-order chi connectivity index (χ0) is 14.8. The third-order valence-corrected chi connectivity index (χ3v) is 3.62. The topological polar surface area (TPSA) is 55.6 Å². The molecule has 2 N–H and O–H groups in total. The highest BCUT2D eigenvalue weighted by atomic mass is 16.5. The average Bonchev–Trinajstić information content (AvgIpc) is 2.71. The SMILES string of the molecule is Cc1ccc(N)c(C(=O)N2CCCOc3ccccc32)c1. The van der Waals surface area contributed by atoms with Crippen LogP contribution in [0.25, 0.3) is 0 Å². The van der Waals surface area contributed by atoms with Crippen LogP contribution >= 0.6 is 0 Å². The van der Waals surface area contributed by atoms with Crippen LogP contribution in [-0.2, 0) is 0 Å². The van der Waals surface area contributed by atoms with Gasteiger partial charge in [-0.3, -0.25) is 4.79 Å². The summed E-state index contributed by atoms with van der Waals surface area (Å²) in [6.45, 7) is 3.20. The monoisotopic (exact) mass is 282 g/mol. The summed E-state index contributed by atoms with van der Waals surface area (Å²) < 4.78 is 5.69. The maximum atomic E-state index is 12.9. The van der Waals surface area contributed by atoms with Gasteiger partial charge in [-0.15, -0.1) is 0 Å². The van der Waals surface area contributed by atoms with Crippen molar-refractivity contribution >= 4 is 17.3 Å². The van der Waals surface area contributed by atoms with E-state index in [-0.39, 0.29) is 5.91 Å². The minimum atomic E-state index is -0.0749. The molecule has 0 aromatic heterocycles. The van der Waals surface area contributed by atoms with Crippen molar-refractivity contribution in [1.82, 2.24) is 0 Å². The minimum absolute atomic E-state index is 0.0749. The summed E-state index contributed by atoms with van der Waals surface area (Å²) in [5.41, 5.74) is 8.86. The van der Waals surface area contributed by atoms with Crippen molar-refractivity contribution in [2.24, 2.45) is 0 Å². The second kappa shape index (κ2) is 5.48. The maximum absolute atomic E-state index is 12.9. The number of nitrogens with zero attached hydrogens (tertiary/aromatic N) is 1. The fraction of sp³-hybridized carbons (Fsp3) is 0.235. The Kier molecular flexibility index (Phi) is 3.52. The fourth-order valence-corrected chi connectivity index (χ4v) is 2.54. The molecular weight excluding hydrogens is 264 g/mol. The zero-order valence-corrected chi connectivity index (χ0v) is 12.0. The summed E-state index contributed by atoms with van der Waals surface area (Å²) in [5, 5.41) is 0. The standard InChI is InChI=1S/C17H18N2O2/c1-12-7-8-14(18)13(11-12)17(20)19-9-4-10-21-16-6-3-2-5-15(16)19/h2-3,5-8,11H,4,9-10,18H2,1H3. The Morgan fingerprint density at radius 2 is 2.05 bits per heavy atom. The Morgan fingerprint density at radius 3 is 2.90 bits per heavy atom. The molecule has 0 bridgehead atoms. The molecule has 0 aliphatic carbocycles. The molecule has 4 heteroatoms. The molecule has 1 heterocycles. The van der Waals surface area contributed by atoms with Gasteiger partial charge in [0, 0.05) is 12.2 Å². The third-order valence-electron chi connectivity index (χ3n) is 3.62. The molecule has 2 aromatic carbocycles. The van der Waals surface area contributed by atoms with Gasteiger partial charge >= 0.3 is 0 Å². The van der Waals surface area contributed by atoms with Gasteiger partial charge in [0.15, 0.2) is 0 Å². The van der Waals surface area contributed by atoms with Crippen molar-refractivity contribution in [2.45, 2.75) is 13.3 Å². The molecule has 0 spiro atoms. The van der Waals surface area contributed by atoms with E-state index in [4.69, 9.17) is 10.5 Å². The molecule has 1 aliphatic heterocycles. The number of carbonyl (C=O) groups excluding carboxylic acids is 1. The van der Waals surface area contributed by atoms with Crippen LogP contribution in [0.2, 0.25) is 0 Å². The molecule has 0 unspecified atom stereocenters. The number of ether oxygens (including phenoxy) is 1. The van der Waals surface area contributed by atoms with Crippen LogP contribution in [0.1, 0.15) is 22.3 Å². The summed E-state index contributed by atoms with van der Waals surface area (Å²) in [4.78, 5) is 14.6. The number of hydrogen-bond acceptors (Lipinski definition) is 3. The molecular formula is C17H18N2O2. The smallest absolute Gasteiger partial charge is 0.260 e. The van der Waals surface area contributed by atoms with Crippen molar-refractivity contribution in [2.75, 3.05) is 23.8 Å². The van der Waals surface area contributed by atoms with Crippen LogP contribution in [0.15, 0.2) is 42.5 Å². The molecule has 3 rings (SSSR count). The Bertz CT molecular complexity index is 682. The van der Waals surface area contributed by atoms with E-state index in [2.05, 4.69) is 0 Å². The van der Waals surface area contributed by atoms with Crippen molar-refractivity contribution < 1.29 is 9.53 Å². The van der Waals surface area contributed by atoms with Crippen LogP contribution in [0.3, 0.4) is 0 Å². The lowest BCUT2D eigenvalue weighted by Gasteiger charge is -2.22. The zero-order valence-electron chi connectivity index (χ0n) is 12.0. The highest BCUT2D eigenvalue weighted by Crippen LogP contribution is 2.32. The van der Waals surface area contributed by atoms with Gasteiger partial charge in [-0.1, -0.05) is 23.8 Å². The van der Waals surface area contributed by atoms with Gasteiger partial charge in [0.2, 0.25) is 0 Å². The number of nitrogens with two attached hydrogens (primary N) is 1. The van der Waals surface area contributed by atoms with Crippen molar-refractivity contribution in [3.63, 3.8) is 0 Å². The number of carbonyl (C=O) groups is 1. The van der Waals surface area contributed by atoms with E-state index in [1.807, 2.05) is 43.3 Å². The average molecular weight is 282 g/mol. The molecule has 4 nitrogen and oxygen atoms in total. The van der Waals surface area contributed by atoms with Gasteiger partial charge in [-0.05, 0) is 37.6 Å². The van der Waals surface area contributed by atoms with Crippen molar-refractivity contribution in [1.29, 1.82) is 0 Å². The lowest BCUT2D eigenvalue weighted by atomic mass is 10.1. The number of fused-ring (bicyclic) bond motifs is 1.